The summed E-state index contributed by atoms with van der Waals surface area (Å²) in [5, 5.41) is 0. The second-order valence-electron chi connectivity index (χ2n) is 5.43. The minimum Gasteiger partial charge on any atom is -0.331 e. The maximum Gasteiger partial charge on any atom is 0.282 e. The largest absolute Gasteiger partial charge is 0.331 e. The Hall–Kier alpha value is -1.65. The molecule has 0 radical (unpaired) electrons. The molecule has 0 bridgehead atoms. The van der Waals surface area contributed by atoms with Crippen molar-refractivity contribution in [1.29, 1.82) is 0 Å². The number of aryl methyl sites for hydroxylation is 1. The van der Waals surface area contributed by atoms with Gasteiger partial charge in [0.2, 0.25) is 0 Å². The summed E-state index contributed by atoms with van der Waals surface area (Å²) in [6.45, 7) is 5.99. The highest BCUT2D eigenvalue weighted by atomic mass is 35.5. The molecule has 2 aromatic rings. The van der Waals surface area contributed by atoms with E-state index in [9.17, 15) is 9.18 Å². The Kier molecular flexibility index (Phi) is 4.06. The molecule has 0 aliphatic carbocycles. The summed E-state index contributed by atoms with van der Waals surface area (Å²) in [7, 11) is 0. The number of hydrogen-bond donors (Lipinski definition) is 0. The van der Waals surface area contributed by atoms with Crippen LogP contribution in [0, 0.1) is 6.92 Å². The predicted molar refractivity (Wildman–Crippen MR) is 88.0 cm³/mol. The highest BCUT2D eigenvalue weighted by Crippen LogP contribution is 2.41. The lowest BCUT2D eigenvalue weighted by molar-refractivity contribution is -0.129. The van der Waals surface area contributed by atoms with Crippen molar-refractivity contribution in [2.24, 2.45) is 0 Å². The van der Waals surface area contributed by atoms with Crippen molar-refractivity contribution >= 4 is 28.8 Å². The topological polar surface area (TPSA) is 20.3 Å². The number of halogens is 2. The zero-order chi connectivity index (χ0) is 15.9. The van der Waals surface area contributed by atoms with Crippen LogP contribution in [-0.4, -0.2) is 17.4 Å². The van der Waals surface area contributed by atoms with E-state index >= 15 is 0 Å². The Morgan fingerprint density at radius 1 is 1.41 bits per heavy atom. The average molecular weight is 336 g/mol. The highest BCUT2D eigenvalue weighted by Gasteiger charge is 2.32. The molecule has 1 amide bonds. The van der Waals surface area contributed by atoms with Crippen LogP contribution in [0.2, 0.25) is 4.34 Å². The third kappa shape index (κ3) is 2.69. The molecule has 0 spiro atoms. The van der Waals surface area contributed by atoms with Crippen LogP contribution in [0.3, 0.4) is 0 Å². The van der Waals surface area contributed by atoms with E-state index in [4.69, 9.17) is 11.6 Å². The number of thiophene rings is 1. The van der Waals surface area contributed by atoms with Crippen LogP contribution in [0.15, 0.2) is 42.7 Å². The number of carbonyl (C=O) groups is 1. The maximum absolute atomic E-state index is 13.3. The van der Waals surface area contributed by atoms with Crippen molar-refractivity contribution in [3.8, 4) is 0 Å². The maximum atomic E-state index is 13.3. The molecule has 0 unspecified atom stereocenters. The molecule has 2 nitrogen and oxygen atoms in total. The molecule has 1 aromatic heterocycles. The van der Waals surface area contributed by atoms with Crippen LogP contribution < -0.4 is 0 Å². The van der Waals surface area contributed by atoms with Gasteiger partial charge >= 0.3 is 0 Å². The van der Waals surface area contributed by atoms with Crippen molar-refractivity contribution in [3.05, 3.63) is 68.6 Å². The highest BCUT2D eigenvalue weighted by molar-refractivity contribution is 7.16. The van der Waals surface area contributed by atoms with Gasteiger partial charge in [-0.15, -0.1) is 11.3 Å². The number of rotatable bonds is 2. The molecule has 1 aromatic carbocycles. The smallest absolute Gasteiger partial charge is 0.282 e. The zero-order valence-electron chi connectivity index (χ0n) is 12.1. The Morgan fingerprint density at radius 3 is 2.82 bits per heavy atom. The molecular weight excluding hydrogens is 321 g/mol. The molecule has 1 aliphatic rings. The van der Waals surface area contributed by atoms with E-state index in [1.54, 1.807) is 0 Å². The quantitative estimate of drug-likeness (QED) is 0.730. The Morgan fingerprint density at radius 2 is 2.14 bits per heavy atom. The van der Waals surface area contributed by atoms with Crippen LogP contribution in [0.25, 0.3) is 0 Å². The summed E-state index contributed by atoms with van der Waals surface area (Å²) < 4.78 is 14.0. The number of hydrogen-bond acceptors (Lipinski definition) is 2. The third-order valence-electron chi connectivity index (χ3n) is 4.01. The van der Waals surface area contributed by atoms with Gasteiger partial charge in [-0.2, -0.15) is 0 Å². The molecule has 0 saturated heterocycles. The fraction of sp³-hybridized carbons (Fsp3) is 0.235. The summed E-state index contributed by atoms with van der Waals surface area (Å²) in [6.07, 6.45) is 0. The molecule has 22 heavy (non-hydrogen) atoms. The zero-order valence-corrected chi connectivity index (χ0v) is 13.7. The first-order valence-electron chi connectivity index (χ1n) is 6.94. The Balaban J connectivity index is 2.06. The minimum atomic E-state index is -0.922. The molecule has 1 atom stereocenters. The standard InChI is InChI=1S/C17H15ClFNOS/c1-10-5-3-4-6-12(10)14-8-20(17(21)11(2)19)9-15-13(14)7-16(18)22-15/h3-7,14H,2,8-9H2,1H3/t14-/m1/s1. The first-order valence-corrected chi connectivity index (χ1v) is 8.14. The lowest BCUT2D eigenvalue weighted by Gasteiger charge is -2.33. The van der Waals surface area contributed by atoms with Gasteiger partial charge in [0.05, 0.1) is 10.9 Å². The third-order valence-corrected chi connectivity index (χ3v) is 5.27. The van der Waals surface area contributed by atoms with Gasteiger partial charge in [-0.1, -0.05) is 42.4 Å². The average Bonchev–Trinajstić information content (AvgIpc) is 2.86. The lowest BCUT2D eigenvalue weighted by Crippen LogP contribution is -2.38. The van der Waals surface area contributed by atoms with Gasteiger partial charge in [0, 0.05) is 17.3 Å². The lowest BCUT2D eigenvalue weighted by atomic mass is 9.86. The van der Waals surface area contributed by atoms with E-state index < -0.39 is 11.7 Å². The summed E-state index contributed by atoms with van der Waals surface area (Å²) in [6, 6.07) is 10.0. The van der Waals surface area contributed by atoms with Crippen molar-refractivity contribution in [3.63, 3.8) is 0 Å². The van der Waals surface area contributed by atoms with Crippen LogP contribution in [-0.2, 0) is 11.3 Å². The summed E-state index contributed by atoms with van der Waals surface area (Å²) in [5.41, 5.74) is 3.42. The van der Waals surface area contributed by atoms with E-state index in [-0.39, 0.29) is 5.92 Å². The van der Waals surface area contributed by atoms with Gasteiger partial charge in [-0.25, -0.2) is 4.39 Å². The van der Waals surface area contributed by atoms with Crippen molar-refractivity contribution < 1.29 is 9.18 Å². The summed E-state index contributed by atoms with van der Waals surface area (Å²) in [4.78, 5) is 14.5. The van der Waals surface area contributed by atoms with Crippen molar-refractivity contribution in [2.45, 2.75) is 19.4 Å². The normalized spacial score (nSPS) is 17.2. The molecule has 0 fully saturated rings. The van der Waals surface area contributed by atoms with Crippen LogP contribution in [0.5, 0.6) is 0 Å². The van der Waals surface area contributed by atoms with Crippen LogP contribution >= 0.6 is 22.9 Å². The summed E-state index contributed by atoms with van der Waals surface area (Å²) >= 11 is 7.60. The number of amides is 1. The number of fused-ring (bicyclic) bond motifs is 1. The monoisotopic (exact) mass is 335 g/mol. The van der Waals surface area contributed by atoms with Gasteiger partial charge in [0.1, 0.15) is 0 Å². The van der Waals surface area contributed by atoms with Crippen LogP contribution in [0.4, 0.5) is 4.39 Å². The van der Waals surface area contributed by atoms with E-state index in [1.165, 1.54) is 16.2 Å². The molecule has 1 aliphatic heterocycles. The fourth-order valence-corrected chi connectivity index (χ4v) is 4.31. The van der Waals surface area contributed by atoms with Crippen molar-refractivity contribution in [2.75, 3.05) is 6.54 Å². The van der Waals surface area contributed by atoms with E-state index in [1.807, 2.05) is 37.3 Å². The molecule has 2 heterocycles. The summed E-state index contributed by atoms with van der Waals surface area (Å²) in [5.74, 6) is -1.56. The van der Waals surface area contributed by atoms with Gasteiger partial charge in [-0.05, 0) is 29.7 Å². The van der Waals surface area contributed by atoms with Crippen molar-refractivity contribution in [1.82, 2.24) is 4.90 Å². The van der Waals surface area contributed by atoms with Gasteiger partial charge in [0.15, 0.2) is 5.83 Å². The van der Waals surface area contributed by atoms with E-state index in [0.29, 0.717) is 17.4 Å². The van der Waals surface area contributed by atoms with Crippen LogP contribution in [0.1, 0.15) is 27.5 Å². The second-order valence-corrected chi connectivity index (χ2v) is 7.20. The molecule has 0 saturated carbocycles. The first kappa shape index (κ1) is 15.3. The molecular formula is C17H15ClFNOS. The molecule has 114 valence electrons. The van der Waals surface area contributed by atoms with Gasteiger partial charge in [-0.3, -0.25) is 4.79 Å². The number of carbonyl (C=O) groups excluding carboxylic acids is 1. The van der Waals surface area contributed by atoms with E-state index in [0.717, 1.165) is 21.6 Å². The Labute approximate surface area is 137 Å². The first-order chi connectivity index (χ1) is 10.5. The molecule has 0 N–H and O–H groups in total. The SMILES string of the molecule is C=C(F)C(=O)N1Cc2sc(Cl)cc2[C@@H](c2ccccc2C)C1. The Bertz CT molecular complexity index is 755. The predicted octanol–water partition coefficient (Wildman–Crippen LogP) is 4.67. The fourth-order valence-electron chi connectivity index (χ4n) is 2.95. The van der Waals surface area contributed by atoms with Gasteiger partial charge in [0.25, 0.3) is 5.91 Å². The minimum absolute atomic E-state index is 0.0111. The number of nitrogens with zero attached hydrogens (tertiary/aromatic N) is 1. The second kappa shape index (κ2) is 5.86. The van der Waals surface area contributed by atoms with E-state index in [2.05, 4.69) is 6.58 Å². The molecule has 3 rings (SSSR count). The molecule has 5 heteroatoms. The van der Waals surface area contributed by atoms with Gasteiger partial charge < -0.3 is 4.90 Å². The number of benzene rings is 1.